The molecule has 0 saturated heterocycles. The zero-order valence-electron chi connectivity index (χ0n) is 4.13. The third-order valence-corrected chi connectivity index (χ3v) is 1.46. The summed E-state index contributed by atoms with van der Waals surface area (Å²) < 4.78 is 14.5. The van der Waals surface area contributed by atoms with Gasteiger partial charge in [0, 0.05) is 0 Å². The van der Waals surface area contributed by atoms with Crippen molar-refractivity contribution in [3.8, 4) is 0 Å². The van der Waals surface area contributed by atoms with E-state index in [1.807, 2.05) is 0 Å². The van der Waals surface area contributed by atoms with Crippen molar-refractivity contribution in [2.45, 2.75) is 0 Å². The first-order chi connectivity index (χ1) is 3.31. The average molecular weight is 123 g/mol. The standard InChI is InChI=1S/C3H8O3P/c1-6-7(5)3-2-4/h4H,2-3H2,1H3/q+1. The minimum Gasteiger partial charge on any atom is -0.392 e. The van der Waals surface area contributed by atoms with Gasteiger partial charge in [0.1, 0.15) is 0 Å². The Kier molecular flexibility index (Phi) is 4.20. The van der Waals surface area contributed by atoms with Crippen LogP contribution in [-0.4, -0.2) is 25.0 Å². The fourth-order valence-corrected chi connectivity index (χ4v) is 0.519. The predicted octanol–water partition coefficient (Wildman–Crippen LogP) is 0.367. The van der Waals surface area contributed by atoms with Gasteiger partial charge in [-0.2, -0.15) is 0 Å². The van der Waals surface area contributed by atoms with Crippen molar-refractivity contribution in [3.63, 3.8) is 0 Å². The minimum atomic E-state index is -1.58. The maximum absolute atomic E-state index is 10.2. The van der Waals surface area contributed by atoms with Gasteiger partial charge in [0.25, 0.3) is 0 Å². The smallest absolute Gasteiger partial charge is 0.392 e. The highest BCUT2D eigenvalue weighted by Gasteiger charge is 2.10. The molecule has 0 aromatic rings. The molecule has 0 radical (unpaired) electrons. The molecular formula is C3H8O3P+. The van der Waals surface area contributed by atoms with E-state index in [1.54, 1.807) is 0 Å². The SMILES string of the molecule is CO[P+](=O)CCO. The van der Waals surface area contributed by atoms with Gasteiger partial charge < -0.3 is 5.11 Å². The maximum atomic E-state index is 10.2. The molecule has 0 fully saturated rings. The van der Waals surface area contributed by atoms with Gasteiger partial charge in [-0.3, -0.25) is 0 Å². The number of hydrogen-bond donors (Lipinski definition) is 1. The Hall–Kier alpha value is 0.0200. The summed E-state index contributed by atoms with van der Waals surface area (Å²) in [7, 11) is -0.223. The van der Waals surface area contributed by atoms with Crippen LogP contribution >= 0.6 is 8.03 Å². The molecule has 0 spiro atoms. The molecule has 3 nitrogen and oxygen atoms in total. The quantitative estimate of drug-likeness (QED) is 0.551. The van der Waals surface area contributed by atoms with Gasteiger partial charge in [0.05, 0.1) is 13.7 Å². The van der Waals surface area contributed by atoms with Crippen LogP contribution < -0.4 is 0 Å². The summed E-state index contributed by atoms with van der Waals surface area (Å²) in [4.78, 5) is 0. The van der Waals surface area contributed by atoms with Crippen LogP contribution in [0.1, 0.15) is 0 Å². The number of aliphatic hydroxyl groups is 1. The summed E-state index contributed by atoms with van der Waals surface area (Å²) in [6.07, 6.45) is 0.242. The normalized spacial score (nSPS) is 11.4. The topological polar surface area (TPSA) is 46.5 Å². The summed E-state index contributed by atoms with van der Waals surface area (Å²) in [6, 6.07) is 0. The molecule has 0 aliphatic heterocycles. The molecule has 42 valence electrons. The van der Waals surface area contributed by atoms with Gasteiger partial charge in [-0.1, -0.05) is 0 Å². The van der Waals surface area contributed by atoms with Crippen LogP contribution in [0.5, 0.6) is 0 Å². The lowest BCUT2D eigenvalue weighted by molar-refractivity contribution is 0.312. The largest absolute Gasteiger partial charge is 0.510 e. The second-order valence-electron chi connectivity index (χ2n) is 0.963. The molecule has 0 aromatic heterocycles. The van der Waals surface area contributed by atoms with Gasteiger partial charge in [-0.05, 0) is 4.57 Å². The zero-order chi connectivity index (χ0) is 5.70. The second kappa shape index (κ2) is 4.19. The van der Waals surface area contributed by atoms with Crippen LogP contribution in [0.3, 0.4) is 0 Å². The summed E-state index contributed by atoms with van der Waals surface area (Å²) in [6.45, 7) is -0.0664. The fourth-order valence-electron chi connectivity index (χ4n) is 0.173. The maximum Gasteiger partial charge on any atom is 0.510 e. The molecule has 0 bridgehead atoms. The molecule has 0 rings (SSSR count). The van der Waals surface area contributed by atoms with Crippen molar-refractivity contribution in [2.75, 3.05) is 19.9 Å². The molecule has 0 amide bonds. The lowest BCUT2D eigenvalue weighted by atomic mass is 10.9. The van der Waals surface area contributed by atoms with E-state index in [2.05, 4.69) is 4.52 Å². The van der Waals surface area contributed by atoms with E-state index in [1.165, 1.54) is 7.11 Å². The molecule has 0 aliphatic carbocycles. The van der Waals surface area contributed by atoms with Crippen molar-refractivity contribution in [2.24, 2.45) is 0 Å². The van der Waals surface area contributed by atoms with E-state index in [9.17, 15) is 4.57 Å². The number of rotatable bonds is 3. The van der Waals surface area contributed by atoms with Gasteiger partial charge in [-0.25, -0.2) is 0 Å². The van der Waals surface area contributed by atoms with E-state index >= 15 is 0 Å². The predicted molar refractivity (Wildman–Crippen MR) is 26.6 cm³/mol. The Labute approximate surface area is 43.2 Å². The van der Waals surface area contributed by atoms with E-state index in [0.29, 0.717) is 0 Å². The molecule has 7 heavy (non-hydrogen) atoms. The van der Waals surface area contributed by atoms with Crippen LogP contribution in [0.25, 0.3) is 0 Å². The van der Waals surface area contributed by atoms with Gasteiger partial charge in [0.2, 0.25) is 6.16 Å². The third kappa shape index (κ3) is 3.86. The average Bonchev–Trinajstić information content (AvgIpc) is 1.68. The lowest BCUT2D eigenvalue weighted by Gasteiger charge is -1.73. The van der Waals surface area contributed by atoms with Crippen molar-refractivity contribution in [1.82, 2.24) is 0 Å². The minimum absolute atomic E-state index is 0.0664. The first-order valence-electron chi connectivity index (χ1n) is 1.91. The molecule has 1 N–H and O–H groups in total. The molecule has 0 aliphatic rings. The summed E-state index contributed by atoms with van der Waals surface area (Å²) in [5.74, 6) is 0. The van der Waals surface area contributed by atoms with Crippen LogP contribution in [0.4, 0.5) is 0 Å². The Morgan fingerprint density at radius 3 is 2.57 bits per heavy atom. The van der Waals surface area contributed by atoms with Crippen LogP contribution in [0.15, 0.2) is 0 Å². The highest BCUT2D eigenvalue weighted by atomic mass is 31.1. The Balaban J connectivity index is 3.00. The second-order valence-corrected chi connectivity index (χ2v) is 2.44. The zero-order valence-corrected chi connectivity index (χ0v) is 5.02. The Morgan fingerprint density at radius 2 is 2.43 bits per heavy atom. The highest BCUT2D eigenvalue weighted by molar-refractivity contribution is 7.39. The summed E-state index contributed by atoms with van der Waals surface area (Å²) in [5.41, 5.74) is 0. The number of aliphatic hydroxyl groups excluding tert-OH is 1. The third-order valence-electron chi connectivity index (χ3n) is 0.486. The van der Waals surface area contributed by atoms with Crippen molar-refractivity contribution in [1.29, 1.82) is 0 Å². The molecule has 0 saturated carbocycles. The van der Waals surface area contributed by atoms with Crippen molar-refractivity contribution >= 4 is 8.03 Å². The van der Waals surface area contributed by atoms with E-state index in [4.69, 9.17) is 5.11 Å². The van der Waals surface area contributed by atoms with E-state index in [-0.39, 0.29) is 12.8 Å². The van der Waals surface area contributed by atoms with Crippen molar-refractivity contribution in [3.05, 3.63) is 0 Å². The molecule has 1 atom stereocenters. The number of hydrogen-bond acceptors (Lipinski definition) is 3. The van der Waals surface area contributed by atoms with Crippen LogP contribution in [-0.2, 0) is 9.09 Å². The van der Waals surface area contributed by atoms with E-state index in [0.717, 1.165) is 0 Å². The van der Waals surface area contributed by atoms with Gasteiger partial charge >= 0.3 is 8.03 Å². The van der Waals surface area contributed by atoms with Crippen LogP contribution in [0.2, 0.25) is 0 Å². The molecule has 0 heterocycles. The Morgan fingerprint density at radius 1 is 1.86 bits per heavy atom. The fraction of sp³-hybridized carbons (Fsp3) is 1.00. The first-order valence-corrected chi connectivity index (χ1v) is 3.27. The van der Waals surface area contributed by atoms with Gasteiger partial charge in [-0.15, -0.1) is 4.52 Å². The van der Waals surface area contributed by atoms with Crippen LogP contribution in [0, 0.1) is 0 Å². The molecule has 0 aromatic carbocycles. The van der Waals surface area contributed by atoms with Gasteiger partial charge in [0.15, 0.2) is 0 Å². The highest BCUT2D eigenvalue weighted by Crippen LogP contribution is 2.17. The van der Waals surface area contributed by atoms with Crippen molar-refractivity contribution < 1.29 is 14.2 Å². The summed E-state index contributed by atoms with van der Waals surface area (Å²) in [5, 5.41) is 8.10. The summed E-state index contributed by atoms with van der Waals surface area (Å²) >= 11 is 0. The molecular weight excluding hydrogens is 115 g/mol. The monoisotopic (exact) mass is 123 g/mol. The van der Waals surface area contributed by atoms with E-state index < -0.39 is 8.03 Å². The lowest BCUT2D eigenvalue weighted by Crippen LogP contribution is -1.84. The molecule has 1 unspecified atom stereocenters. The first kappa shape index (κ1) is 7.02. The Bertz CT molecular complexity index is 63.2. The molecule has 4 heteroatoms.